The van der Waals surface area contributed by atoms with Crippen LogP contribution in [-0.2, 0) is 4.79 Å². The Morgan fingerprint density at radius 1 is 1.17 bits per heavy atom. The fourth-order valence-corrected chi connectivity index (χ4v) is 2.86. The van der Waals surface area contributed by atoms with E-state index in [4.69, 9.17) is 11.5 Å². The molecule has 0 saturated heterocycles. The van der Waals surface area contributed by atoms with Crippen molar-refractivity contribution in [2.45, 2.75) is 19.9 Å². The zero-order valence-electron chi connectivity index (χ0n) is 15.9. The fourth-order valence-electron chi connectivity index (χ4n) is 2.86. The summed E-state index contributed by atoms with van der Waals surface area (Å²) in [6.45, 7) is 3.58. The molecular weight excluding hydrogens is 374 g/mol. The Balaban J connectivity index is 2.02. The number of aromatic nitrogens is 3. The van der Waals surface area contributed by atoms with Gasteiger partial charge in [-0.25, -0.2) is 0 Å². The number of carbonyl (C=O) groups excluding carboxylic acids is 2. The van der Waals surface area contributed by atoms with E-state index >= 15 is 0 Å². The normalized spacial score (nSPS) is 12.0. The molecule has 150 valence electrons. The lowest BCUT2D eigenvalue weighted by molar-refractivity contribution is -0.119. The van der Waals surface area contributed by atoms with Crippen molar-refractivity contribution in [3.05, 3.63) is 52.4 Å². The molecule has 0 unspecified atom stereocenters. The zero-order valence-corrected chi connectivity index (χ0v) is 15.9. The van der Waals surface area contributed by atoms with E-state index < -0.39 is 23.4 Å². The summed E-state index contributed by atoms with van der Waals surface area (Å²) in [5.41, 5.74) is 11.1. The van der Waals surface area contributed by atoms with Gasteiger partial charge in [0.25, 0.3) is 11.5 Å². The van der Waals surface area contributed by atoms with Gasteiger partial charge in [0.05, 0.1) is 5.52 Å². The average Bonchev–Trinajstić information content (AvgIpc) is 2.65. The summed E-state index contributed by atoms with van der Waals surface area (Å²) < 4.78 is 0. The quantitative estimate of drug-likeness (QED) is 0.398. The summed E-state index contributed by atoms with van der Waals surface area (Å²) in [7, 11) is 0. The minimum Gasteiger partial charge on any atom is -0.368 e. The molecule has 2 aromatic heterocycles. The lowest BCUT2D eigenvalue weighted by atomic mass is 10.0. The number of nitrogens with one attached hydrogen (secondary N) is 3. The van der Waals surface area contributed by atoms with E-state index in [1.165, 1.54) is 0 Å². The van der Waals surface area contributed by atoms with Crippen LogP contribution in [0.3, 0.4) is 0 Å². The summed E-state index contributed by atoms with van der Waals surface area (Å²) in [4.78, 5) is 46.8. The van der Waals surface area contributed by atoms with Crippen LogP contribution in [-0.4, -0.2) is 32.8 Å². The Kier molecular flexibility index (Phi) is 5.44. The molecule has 10 heteroatoms. The third-order valence-corrected chi connectivity index (χ3v) is 4.30. The summed E-state index contributed by atoms with van der Waals surface area (Å²) in [6, 6.07) is 8.22. The van der Waals surface area contributed by atoms with E-state index in [1.54, 1.807) is 44.3 Å². The number of aromatic amines is 1. The van der Waals surface area contributed by atoms with Crippen LogP contribution < -0.4 is 27.7 Å². The summed E-state index contributed by atoms with van der Waals surface area (Å²) in [6.07, 6.45) is 1.68. The smallest absolute Gasteiger partial charge is 0.267 e. The molecule has 0 aliphatic heterocycles. The molecule has 3 rings (SSSR count). The van der Waals surface area contributed by atoms with Crippen LogP contribution in [0.5, 0.6) is 0 Å². The molecular formula is C19H21N7O3. The third-order valence-electron chi connectivity index (χ3n) is 4.30. The first-order chi connectivity index (χ1) is 13.8. The van der Waals surface area contributed by atoms with Crippen LogP contribution in [0.1, 0.15) is 24.2 Å². The summed E-state index contributed by atoms with van der Waals surface area (Å²) >= 11 is 0. The maximum atomic E-state index is 12.4. The minimum absolute atomic E-state index is 0.0116. The van der Waals surface area contributed by atoms with Crippen LogP contribution in [0.2, 0.25) is 0 Å². The molecule has 29 heavy (non-hydrogen) atoms. The number of fused-ring (bicyclic) bond motifs is 1. The third kappa shape index (κ3) is 4.32. The maximum absolute atomic E-state index is 12.4. The molecule has 10 nitrogen and oxygen atoms in total. The predicted molar refractivity (Wildman–Crippen MR) is 110 cm³/mol. The van der Waals surface area contributed by atoms with Gasteiger partial charge in [0.15, 0.2) is 5.82 Å². The number of hydrogen-bond acceptors (Lipinski definition) is 7. The first-order valence-electron chi connectivity index (χ1n) is 8.88. The lowest BCUT2D eigenvalue weighted by Crippen LogP contribution is -2.40. The second-order valence-electron chi connectivity index (χ2n) is 6.81. The molecule has 1 aromatic carbocycles. The van der Waals surface area contributed by atoms with Gasteiger partial charge >= 0.3 is 0 Å². The Labute approximate surface area is 165 Å². The molecule has 7 N–H and O–H groups in total. The number of pyridine rings is 1. The zero-order chi connectivity index (χ0) is 21.1. The van der Waals surface area contributed by atoms with E-state index in [0.717, 1.165) is 10.9 Å². The van der Waals surface area contributed by atoms with Gasteiger partial charge in [0, 0.05) is 17.3 Å². The summed E-state index contributed by atoms with van der Waals surface area (Å²) in [5.74, 6) is -1.75. The Hall–Kier alpha value is -3.95. The number of amides is 2. The molecule has 3 aromatic rings. The van der Waals surface area contributed by atoms with Crippen LogP contribution in [0.25, 0.3) is 10.9 Å². The largest absolute Gasteiger partial charge is 0.368 e. The number of H-pyrrole nitrogens is 1. The van der Waals surface area contributed by atoms with Gasteiger partial charge in [-0.15, -0.1) is 0 Å². The van der Waals surface area contributed by atoms with Gasteiger partial charge < -0.3 is 22.1 Å². The van der Waals surface area contributed by atoms with Crippen LogP contribution in [0.4, 0.5) is 17.5 Å². The number of nitrogens with two attached hydrogens (primary N) is 2. The standard InChI is InChI=1S/C19H21N7O3/c1-9(2)14(16(21)28)24-19-25-17(13(15(20)27)18(29)26-19)23-11-5-6-12-10(8-11)4-3-7-22-12/h3-9,14H,1-2H3,(H2,20,27)(H2,21,28)(H3,23,24,25,26,29)/t14-/m1/s1. The fraction of sp³-hybridized carbons (Fsp3) is 0.211. The molecule has 0 fully saturated rings. The van der Waals surface area contributed by atoms with Gasteiger partial charge in [-0.2, -0.15) is 4.98 Å². The maximum Gasteiger partial charge on any atom is 0.267 e. The van der Waals surface area contributed by atoms with E-state index in [1.807, 2.05) is 6.07 Å². The molecule has 0 spiro atoms. The highest BCUT2D eigenvalue weighted by molar-refractivity contribution is 5.98. The van der Waals surface area contributed by atoms with Gasteiger partial charge in [-0.05, 0) is 30.2 Å². The average molecular weight is 395 g/mol. The summed E-state index contributed by atoms with van der Waals surface area (Å²) in [5, 5.41) is 6.60. The second-order valence-corrected chi connectivity index (χ2v) is 6.81. The molecule has 0 bridgehead atoms. The predicted octanol–water partition coefficient (Wildman–Crippen LogP) is 1.08. The van der Waals surface area contributed by atoms with Crippen molar-refractivity contribution in [3.8, 4) is 0 Å². The first kappa shape index (κ1) is 19.8. The molecule has 0 aliphatic carbocycles. The Bertz CT molecular complexity index is 1140. The van der Waals surface area contributed by atoms with Gasteiger partial charge in [0.1, 0.15) is 11.6 Å². The molecule has 0 aliphatic rings. The molecule has 2 amide bonds. The monoisotopic (exact) mass is 395 g/mol. The van der Waals surface area contributed by atoms with E-state index in [2.05, 4.69) is 25.6 Å². The van der Waals surface area contributed by atoms with Crippen LogP contribution in [0.15, 0.2) is 41.3 Å². The van der Waals surface area contributed by atoms with Crippen molar-refractivity contribution in [1.29, 1.82) is 0 Å². The number of anilines is 3. The van der Waals surface area contributed by atoms with Crippen molar-refractivity contribution in [3.63, 3.8) is 0 Å². The number of primary amides is 2. The van der Waals surface area contributed by atoms with Gasteiger partial charge in [-0.3, -0.25) is 24.4 Å². The lowest BCUT2D eigenvalue weighted by Gasteiger charge is -2.20. The van der Waals surface area contributed by atoms with Crippen molar-refractivity contribution >= 4 is 40.2 Å². The van der Waals surface area contributed by atoms with Crippen LogP contribution in [0, 0.1) is 5.92 Å². The molecule has 0 saturated carbocycles. The Morgan fingerprint density at radius 2 is 1.93 bits per heavy atom. The number of nitrogens with zero attached hydrogens (tertiary/aromatic N) is 2. The molecule has 2 heterocycles. The SMILES string of the molecule is CC(C)[C@@H](Nc1nc(Nc2ccc3ncccc3c2)c(C(N)=O)c(=O)[nH]1)C(N)=O. The van der Waals surface area contributed by atoms with Crippen LogP contribution >= 0.6 is 0 Å². The molecule has 1 atom stereocenters. The topological polar surface area (TPSA) is 169 Å². The Morgan fingerprint density at radius 3 is 2.59 bits per heavy atom. The number of benzene rings is 1. The highest BCUT2D eigenvalue weighted by Gasteiger charge is 2.22. The van der Waals surface area contributed by atoms with E-state index in [9.17, 15) is 14.4 Å². The highest BCUT2D eigenvalue weighted by Crippen LogP contribution is 2.22. The van der Waals surface area contributed by atoms with Crippen molar-refractivity contribution in [2.24, 2.45) is 17.4 Å². The van der Waals surface area contributed by atoms with Crippen molar-refractivity contribution < 1.29 is 9.59 Å². The van der Waals surface area contributed by atoms with Crippen molar-refractivity contribution in [1.82, 2.24) is 15.0 Å². The van der Waals surface area contributed by atoms with Gasteiger partial charge in [-0.1, -0.05) is 19.9 Å². The van der Waals surface area contributed by atoms with E-state index in [-0.39, 0.29) is 23.2 Å². The van der Waals surface area contributed by atoms with Crippen molar-refractivity contribution in [2.75, 3.05) is 10.6 Å². The number of carbonyl (C=O) groups is 2. The number of rotatable bonds is 7. The highest BCUT2D eigenvalue weighted by atomic mass is 16.2. The minimum atomic E-state index is -0.939. The number of hydrogen-bond donors (Lipinski definition) is 5. The molecule has 0 radical (unpaired) electrons. The first-order valence-corrected chi connectivity index (χ1v) is 8.88. The van der Waals surface area contributed by atoms with Gasteiger partial charge in [0.2, 0.25) is 11.9 Å². The van der Waals surface area contributed by atoms with E-state index in [0.29, 0.717) is 5.69 Å². The second kappa shape index (κ2) is 7.97.